The van der Waals surface area contributed by atoms with Crippen LogP contribution in [0.2, 0.25) is 12.1 Å². The van der Waals surface area contributed by atoms with Crippen molar-refractivity contribution in [1.29, 1.82) is 0 Å². The smallest absolute Gasteiger partial charge is 0.112 e. The van der Waals surface area contributed by atoms with Crippen LogP contribution in [0.1, 0.15) is 52.4 Å². The molecule has 0 aliphatic heterocycles. The third kappa shape index (κ3) is 9.72. The van der Waals surface area contributed by atoms with E-state index in [2.05, 4.69) is 50.9 Å². The second-order valence-corrected chi connectivity index (χ2v) is 21.7. The molecule has 0 amide bonds. The first-order valence-corrected chi connectivity index (χ1v) is 13.3. The molecule has 0 saturated carbocycles. The van der Waals surface area contributed by atoms with Gasteiger partial charge in [-0.2, -0.15) is 0 Å². The predicted octanol–water partition coefficient (Wildman–Crippen LogP) is 5.64. The first-order chi connectivity index (χ1) is 6.12. The Morgan fingerprint density at radius 1 is 0.923 bits per heavy atom. The minimum atomic E-state index is -0.992. The number of rotatable bonds is 8. The van der Waals surface area contributed by atoms with Gasteiger partial charge in [0.05, 0.1) is 0 Å². The molecular weight excluding hydrogens is 355 g/mol. The van der Waals surface area contributed by atoms with Gasteiger partial charge in [0.25, 0.3) is 0 Å². The lowest BCUT2D eigenvalue weighted by atomic mass is 10.2. The van der Waals surface area contributed by atoms with Crippen LogP contribution in [0.25, 0.3) is 0 Å². The molecule has 0 N–H and O–H groups in total. The Hall–Kier alpha value is 1.43. The van der Waals surface area contributed by atoms with Crippen molar-refractivity contribution in [1.82, 2.24) is 0 Å². The number of unbranched alkanes of at least 4 members (excludes halogenated alkanes) is 4. The largest absolute Gasteiger partial charge is 0.196 e. The summed E-state index contributed by atoms with van der Waals surface area (Å²) in [5, 5.41) is 0. The van der Waals surface area contributed by atoms with E-state index >= 15 is 0 Å². The van der Waals surface area contributed by atoms with Gasteiger partial charge < -0.3 is 0 Å². The zero-order valence-electron chi connectivity index (χ0n) is 8.91. The Kier molecular flexibility index (Phi) is 9.67. The summed E-state index contributed by atoms with van der Waals surface area (Å²) >= 11 is 6.67. The lowest BCUT2D eigenvalue weighted by molar-refractivity contribution is 0.698. The molecule has 0 aromatic rings. The summed E-state index contributed by atoms with van der Waals surface area (Å²) in [6, 6.07) is 2.92. The van der Waals surface area contributed by atoms with E-state index in [1.54, 1.807) is 0 Å². The van der Waals surface area contributed by atoms with Gasteiger partial charge in [-0.3, -0.25) is 0 Å². The molecule has 0 heterocycles. The Balaban J connectivity index is 3.39. The summed E-state index contributed by atoms with van der Waals surface area (Å²) in [5.41, 5.74) is 0. The van der Waals surface area contributed by atoms with Crippen molar-refractivity contribution < 1.29 is 0 Å². The second kappa shape index (κ2) is 8.71. The lowest BCUT2D eigenvalue weighted by Gasteiger charge is -2.16. The van der Waals surface area contributed by atoms with E-state index in [1.165, 1.54) is 50.6 Å². The van der Waals surface area contributed by atoms with E-state index in [9.17, 15) is 0 Å². The lowest BCUT2D eigenvalue weighted by Crippen LogP contribution is -2.15. The second-order valence-electron chi connectivity index (χ2n) is 3.77. The van der Waals surface area contributed by atoms with Crippen molar-refractivity contribution in [3.8, 4) is 0 Å². The summed E-state index contributed by atoms with van der Waals surface area (Å²) in [7, 11) is 0. The molecule has 13 heavy (non-hydrogen) atoms. The number of hydrogen-bond acceptors (Lipinski definition) is 0. The topological polar surface area (TPSA) is 0 Å². The van der Waals surface area contributed by atoms with Crippen LogP contribution in [0, 0.1) is 0 Å². The van der Waals surface area contributed by atoms with Crippen LogP contribution in [0.15, 0.2) is 0 Å². The van der Waals surface area contributed by atoms with Gasteiger partial charge in [0, 0.05) is 0 Å². The highest BCUT2D eigenvalue weighted by atomic mass is 127. The molecule has 0 aliphatic carbocycles. The standard InChI is InChI=1S/C10H22BrISi/c1-3-5-7-8-10-13(11,12)9-6-4-2/h3-10H2,1-2H3. The zero-order valence-corrected chi connectivity index (χ0v) is 13.7. The van der Waals surface area contributed by atoms with Gasteiger partial charge in [-0.1, -0.05) is 52.4 Å². The maximum absolute atomic E-state index is 3.96. The fourth-order valence-corrected chi connectivity index (χ4v) is 7.23. The van der Waals surface area contributed by atoms with E-state index in [-0.39, 0.29) is 0 Å². The van der Waals surface area contributed by atoms with Crippen molar-refractivity contribution in [2.24, 2.45) is 0 Å². The summed E-state index contributed by atoms with van der Waals surface area (Å²) < 4.78 is -0.992. The monoisotopic (exact) mass is 376 g/mol. The first-order valence-electron chi connectivity index (χ1n) is 5.50. The maximum atomic E-state index is 3.96. The summed E-state index contributed by atoms with van der Waals surface area (Å²) in [5.74, 6) is 0. The predicted molar refractivity (Wildman–Crippen MR) is 77.4 cm³/mol. The first kappa shape index (κ1) is 14.4. The van der Waals surface area contributed by atoms with E-state index in [0.717, 1.165) is 0 Å². The average molecular weight is 377 g/mol. The van der Waals surface area contributed by atoms with Crippen LogP contribution in [-0.2, 0) is 0 Å². The molecule has 0 rings (SSSR count). The van der Waals surface area contributed by atoms with Gasteiger partial charge in [0.2, 0.25) is 0 Å². The molecule has 3 heteroatoms. The fraction of sp³-hybridized carbons (Fsp3) is 1.00. The minimum absolute atomic E-state index is 0.992. The van der Waals surface area contributed by atoms with E-state index in [4.69, 9.17) is 0 Å². The molecule has 0 aromatic heterocycles. The summed E-state index contributed by atoms with van der Waals surface area (Å²) in [6.07, 6.45) is 8.41. The van der Waals surface area contributed by atoms with Gasteiger partial charge in [0.15, 0.2) is 4.19 Å². The average Bonchev–Trinajstić information content (AvgIpc) is 2.09. The Bertz CT molecular complexity index is 117. The molecule has 80 valence electrons. The van der Waals surface area contributed by atoms with E-state index in [1.807, 2.05) is 0 Å². The van der Waals surface area contributed by atoms with Crippen molar-refractivity contribution in [2.45, 2.75) is 64.5 Å². The van der Waals surface area contributed by atoms with E-state index in [0.29, 0.717) is 0 Å². The molecular formula is C10H22BrISi. The van der Waals surface area contributed by atoms with Crippen LogP contribution in [0.3, 0.4) is 0 Å². The van der Waals surface area contributed by atoms with Gasteiger partial charge >= 0.3 is 0 Å². The minimum Gasteiger partial charge on any atom is -0.112 e. The molecule has 0 fully saturated rings. The van der Waals surface area contributed by atoms with Crippen LogP contribution >= 0.6 is 37.1 Å². The van der Waals surface area contributed by atoms with Crippen molar-refractivity contribution in [2.75, 3.05) is 0 Å². The zero-order chi connectivity index (χ0) is 10.2. The third-order valence-electron chi connectivity index (χ3n) is 2.29. The van der Waals surface area contributed by atoms with Gasteiger partial charge in [-0.05, 0) is 12.1 Å². The fourth-order valence-electron chi connectivity index (χ4n) is 1.37. The van der Waals surface area contributed by atoms with Gasteiger partial charge in [0.1, 0.15) is 0 Å². The van der Waals surface area contributed by atoms with E-state index < -0.39 is 4.19 Å². The van der Waals surface area contributed by atoms with Crippen LogP contribution in [-0.4, -0.2) is 4.19 Å². The molecule has 0 bridgehead atoms. The SMILES string of the molecule is CCCCCC[Si](Br)(I)CCCC. The Morgan fingerprint density at radius 3 is 2.00 bits per heavy atom. The Morgan fingerprint density at radius 2 is 1.46 bits per heavy atom. The molecule has 0 spiro atoms. The van der Waals surface area contributed by atoms with Gasteiger partial charge in [-0.25, -0.2) is 0 Å². The van der Waals surface area contributed by atoms with Crippen molar-refractivity contribution in [3.05, 3.63) is 0 Å². The molecule has 0 aliphatic rings. The molecule has 0 saturated heterocycles. The number of halogens is 2. The molecule has 0 radical (unpaired) electrons. The van der Waals surface area contributed by atoms with Crippen LogP contribution in [0.4, 0.5) is 0 Å². The van der Waals surface area contributed by atoms with Crippen LogP contribution in [0.5, 0.6) is 0 Å². The normalized spacial score (nSPS) is 15.7. The quantitative estimate of drug-likeness (QED) is 0.222. The van der Waals surface area contributed by atoms with Crippen LogP contribution < -0.4 is 0 Å². The van der Waals surface area contributed by atoms with Crippen molar-refractivity contribution >= 4 is 41.3 Å². The molecule has 0 nitrogen and oxygen atoms in total. The summed E-state index contributed by atoms with van der Waals surface area (Å²) in [6.45, 7) is 4.56. The molecule has 0 aromatic carbocycles. The highest BCUT2D eigenvalue weighted by Crippen LogP contribution is 2.34. The van der Waals surface area contributed by atoms with Crippen molar-refractivity contribution in [3.63, 3.8) is 0 Å². The molecule has 1 atom stereocenters. The van der Waals surface area contributed by atoms with Gasteiger partial charge in [-0.15, -0.1) is 37.1 Å². The third-order valence-corrected chi connectivity index (χ3v) is 10.1. The summed E-state index contributed by atoms with van der Waals surface area (Å²) in [4.78, 5) is 0. The highest BCUT2D eigenvalue weighted by Gasteiger charge is 2.24. The number of hydrogen-bond donors (Lipinski definition) is 0. The molecule has 1 unspecified atom stereocenters. The maximum Gasteiger partial charge on any atom is 0.196 e. The Labute approximate surface area is 105 Å². The highest BCUT2D eigenvalue weighted by molar-refractivity contribution is 14.1.